The van der Waals surface area contributed by atoms with Crippen LogP contribution >= 0.6 is 7.82 Å². The van der Waals surface area contributed by atoms with E-state index in [9.17, 15) is 28.9 Å². The summed E-state index contributed by atoms with van der Waals surface area (Å²) >= 11 is 0. The predicted molar refractivity (Wildman–Crippen MR) is 297 cm³/mol. The zero-order valence-electron chi connectivity index (χ0n) is 45.4. The Morgan fingerprint density at radius 2 is 0.736 bits per heavy atom. The number of hydrogen-bond acceptors (Lipinski definition) is 10. The van der Waals surface area contributed by atoms with Crippen molar-refractivity contribution in [3.05, 3.63) is 97.2 Å². The van der Waals surface area contributed by atoms with Gasteiger partial charge < -0.3 is 24.2 Å². The lowest BCUT2D eigenvalue weighted by molar-refractivity contribution is -0.161. The van der Waals surface area contributed by atoms with Gasteiger partial charge in [-0.25, -0.2) is 4.57 Å². The van der Waals surface area contributed by atoms with Gasteiger partial charge in [0.15, 0.2) is 6.10 Å². The molecule has 0 rings (SSSR count). The number of aliphatic hydroxyl groups excluding tert-OH is 1. The van der Waals surface area contributed by atoms with Gasteiger partial charge in [-0.05, 0) is 89.9 Å². The lowest BCUT2D eigenvalue weighted by atomic mass is 10.1. The molecular formula is C60H101O11P. The summed E-state index contributed by atoms with van der Waals surface area (Å²) in [4.78, 5) is 48.4. The Morgan fingerprint density at radius 3 is 1.17 bits per heavy atom. The minimum absolute atomic E-state index is 0.0838. The minimum Gasteiger partial charge on any atom is -0.462 e. The number of hydrogen-bond donors (Lipinski definition) is 2. The fourth-order valence-corrected chi connectivity index (χ4v) is 8.07. The molecule has 12 heteroatoms. The second-order valence-electron chi connectivity index (χ2n) is 18.3. The molecule has 0 aromatic rings. The number of phosphoric ester groups is 1. The van der Waals surface area contributed by atoms with Crippen LogP contribution in [0.2, 0.25) is 0 Å². The van der Waals surface area contributed by atoms with Gasteiger partial charge in [0.2, 0.25) is 0 Å². The number of phosphoric acid groups is 1. The van der Waals surface area contributed by atoms with E-state index in [0.29, 0.717) is 25.7 Å². The number of carbonyl (C=O) groups is 3. The summed E-state index contributed by atoms with van der Waals surface area (Å²) in [6.45, 7) is 4.33. The summed E-state index contributed by atoms with van der Waals surface area (Å²) in [6, 6.07) is 0. The van der Waals surface area contributed by atoms with Crippen LogP contribution in [0.15, 0.2) is 97.2 Å². The van der Waals surface area contributed by atoms with Gasteiger partial charge in [-0.3, -0.25) is 23.4 Å². The summed E-state index contributed by atoms with van der Waals surface area (Å²) < 4.78 is 39.4. The van der Waals surface area contributed by atoms with Gasteiger partial charge in [-0.1, -0.05) is 214 Å². The molecular weight excluding hydrogens is 928 g/mol. The molecule has 0 aliphatic heterocycles. The van der Waals surface area contributed by atoms with Crippen molar-refractivity contribution < 1.29 is 52.2 Å². The van der Waals surface area contributed by atoms with Crippen molar-refractivity contribution in [1.82, 2.24) is 0 Å². The summed E-state index contributed by atoms with van der Waals surface area (Å²) in [5.41, 5.74) is 0. The third-order valence-corrected chi connectivity index (χ3v) is 12.5. The van der Waals surface area contributed by atoms with Crippen molar-refractivity contribution in [1.29, 1.82) is 0 Å². The number of rotatable bonds is 51. The van der Waals surface area contributed by atoms with E-state index in [1.165, 1.54) is 57.8 Å². The van der Waals surface area contributed by atoms with E-state index in [1.807, 2.05) is 12.2 Å². The first-order valence-electron chi connectivity index (χ1n) is 28.1. The summed E-state index contributed by atoms with van der Waals surface area (Å²) in [7, 11) is -4.76. The van der Waals surface area contributed by atoms with Crippen LogP contribution < -0.4 is 0 Å². The number of allylic oxidation sites excluding steroid dienone is 16. The number of unbranched alkanes of at least 4 members (excludes halogenated alkanes) is 18. The molecule has 0 fully saturated rings. The van der Waals surface area contributed by atoms with Crippen molar-refractivity contribution in [3.8, 4) is 0 Å². The first-order chi connectivity index (χ1) is 35.2. The highest BCUT2D eigenvalue weighted by atomic mass is 31.2. The van der Waals surface area contributed by atoms with Crippen molar-refractivity contribution >= 4 is 25.7 Å². The summed E-state index contributed by atoms with van der Waals surface area (Å²) in [5.74, 6) is -1.55. The van der Waals surface area contributed by atoms with Gasteiger partial charge in [0.1, 0.15) is 12.7 Å². The van der Waals surface area contributed by atoms with E-state index in [1.54, 1.807) is 0 Å². The molecule has 0 aliphatic carbocycles. The molecule has 11 nitrogen and oxygen atoms in total. The monoisotopic (exact) mass is 1030 g/mol. The molecule has 0 aromatic heterocycles. The number of carbonyl (C=O) groups excluding carboxylic acids is 3. The molecule has 0 radical (unpaired) electrons. The Hall–Kier alpha value is -3.60. The smallest absolute Gasteiger partial charge is 0.462 e. The maximum Gasteiger partial charge on any atom is 0.472 e. The molecule has 0 saturated carbocycles. The standard InChI is InChI=1S/C60H101O11P/c1-4-7-10-13-16-19-22-24-26-28-30-32-35-37-40-43-46-49-58(62)67-53-57(71-60(64)51-48-45-42-39-36-33-31-29-27-25-23-20-17-14-11-8-5-2)55-69-72(65,66)68-54-56(52-61)70-59(63)50-47-44-41-38-34-21-18-15-12-9-6-3/h7-8,10-11,16-17,19-20,24-27,31,33,39,42,56-57,61H,4-6,9,12-15,18,21-23,28-30,32,34-38,40-41,43-55H2,1-3H3,(H,65,66)/b10-7-,11-8-,19-16-,20-17-,26-24-,27-25-,33-31-,42-39-. The topological polar surface area (TPSA) is 155 Å². The molecule has 0 spiro atoms. The largest absolute Gasteiger partial charge is 0.472 e. The molecule has 0 heterocycles. The van der Waals surface area contributed by atoms with Crippen LogP contribution in [0.4, 0.5) is 0 Å². The first-order valence-corrected chi connectivity index (χ1v) is 29.6. The van der Waals surface area contributed by atoms with Crippen molar-refractivity contribution in [2.24, 2.45) is 0 Å². The fourth-order valence-electron chi connectivity index (χ4n) is 7.29. The lowest BCUT2D eigenvalue weighted by Crippen LogP contribution is -2.30. The molecule has 0 saturated heterocycles. The Bertz CT molecular complexity index is 1580. The van der Waals surface area contributed by atoms with Gasteiger partial charge >= 0.3 is 25.7 Å². The highest BCUT2D eigenvalue weighted by molar-refractivity contribution is 7.47. The van der Waals surface area contributed by atoms with Crippen LogP contribution in [-0.4, -0.2) is 66.5 Å². The quantitative estimate of drug-likeness (QED) is 0.0197. The van der Waals surface area contributed by atoms with E-state index >= 15 is 0 Å². The SMILES string of the molecule is CC/C=C\C/C=C\C/C=C\C/C=C\C/C=C\CCCC(=O)OC(COC(=O)CCCCCCCCC/C=C\C/C=C\C/C=C\CC)COP(=O)(O)OCC(CO)OC(=O)CCCCCCCCCCCCC. The molecule has 2 N–H and O–H groups in total. The van der Waals surface area contributed by atoms with Crippen LogP contribution in [0.25, 0.3) is 0 Å². The highest BCUT2D eigenvalue weighted by Crippen LogP contribution is 2.43. The van der Waals surface area contributed by atoms with E-state index in [4.69, 9.17) is 23.3 Å². The highest BCUT2D eigenvalue weighted by Gasteiger charge is 2.28. The minimum atomic E-state index is -4.76. The second-order valence-corrected chi connectivity index (χ2v) is 19.8. The average Bonchev–Trinajstić information content (AvgIpc) is 3.37. The molecule has 3 atom stereocenters. The van der Waals surface area contributed by atoms with Gasteiger partial charge in [-0.15, -0.1) is 0 Å². The average molecular weight is 1030 g/mol. The maximum absolute atomic E-state index is 12.9. The van der Waals surface area contributed by atoms with Gasteiger partial charge in [-0.2, -0.15) is 0 Å². The normalized spacial score (nSPS) is 14.1. The van der Waals surface area contributed by atoms with Gasteiger partial charge in [0.05, 0.1) is 19.8 Å². The van der Waals surface area contributed by atoms with Gasteiger partial charge in [0.25, 0.3) is 0 Å². The number of ether oxygens (including phenoxy) is 3. The van der Waals surface area contributed by atoms with E-state index in [-0.39, 0.29) is 25.9 Å². The fraction of sp³-hybridized carbons (Fsp3) is 0.683. The molecule has 0 amide bonds. The lowest BCUT2D eigenvalue weighted by Gasteiger charge is -2.21. The first kappa shape index (κ1) is 68.4. The molecule has 3 unspecified atom stereocenters. The number of esters is 3. The van der Waals surface area contributed by atoms with Crippen molar-refractivity contribution in [2.45, 2.75) is 238 Å². The second kappa shape index (κ2) is 53.7. The van der Waals surface area contributed by atoms with Crippen molar-refractivity contribution in [2.75, 3.05) is 26.4 Å². The van der Waals surface area contributed by atoms with Crippen LogP contribution in [0.3, 0.4) is 0 Å². The van der Waals surface area contributed by atoms with Gasteiger partial charge in [0, 0.05) is 19.3 Å². The molecule has 0 bridgehead atoms. The van der Waals surface area contributed by atoms with E-state index < -0.39 is 57.8 Å². The van der Waals surface area contributed by atoms with Crippen LogP contribution in [0.5, 0.6) is 0 Å². The zero-order chi connectivity index (χ0) is 52.7. The van der Waals surface area contributed by atoms with Crippen LogP contribution in [0, 0.1) is 0 Å². The molecule has 412 valence electrons. The molecule has 72 heavy (non-hydrogen) atoms. The van der Waals surface area contributed by atoms with Crippen molar-refractivity contribution in [3.63, 3.8) is 0 Å². The predicted octanol–water partition coefficient (Wildman–Crippen LogP) is 16.5. The van der Waals surface area contributed by atoms with E-state index in [0.717, 1.165) is 103 Å². The molecule has 0 aromatic carbocycles. The van der Waals surface area contributed by atoms with Crippen LogP contribution in [-0.2, 0) is 42.2 Å². The Kier molecular flexibility index (Phi) is 51.0. The number of aliphatic hydroxyl groups is 1. The Labute approximate surface area is 438 Å². The Morgan fingerprint density at radius 1 is 0.403 bits per heavy atom. The third-order valence-electron chi connectivity index (χ3n) is 11.5. The Balaban J connectivity index is 4.84. The van der Waals surface area contributed by atoms with Crippen LogP contribution in [0.1, 0.15) is 226 Å². The summed E-state index contributed by atoms with van der Waals surface area (Å²) in [6.07, 6.45) is 62.3. The third kappa shape index (κ3) is 51.3. The molecule has 0 aliphatic rings. The summed E-state index contributed by atoms with van der Waals surface area (Å²) in [5, 5.41) is 9.79. The maximum atomic E-state index is 12.9. The van der Waals surface area contributed by atoms with E-state index in [2.05, 4.69) is 106 Å². The zero-order valence-corrected chi connectivity index (χ0v) is 46.3.